The summed E-state index contributed by atoms with van der Waals surface area (Å²) >= 11 is 0. The summed E-state index contributed by atoms with van der Waals surface area (Å²) in [6.45, 7) is 3.68. The quantitative estimate of drug-likeness (QED) is 0.916. The van der Waals surface area contributed by atoms with Crippen LogP contribution in [0, 0.1) is 17.1 Å². The van der Waals surface area contributed by atoms with Gasteiger partial charge in [-0.3, -0.25) is 4.79 Å². The molecule has 1 aromatic carbocycles. The van der Waals surface area contributed by atoms with Crippen LogP contribution in [-0.2, 0) is 19.4 Å². The zero-order valence-corrected chi connectivity index (χ0v) is 13.1. The first-order valence-electron chi connectivity index (χ1n) is 7.48. The summed E-state index contributed by atoms with van der Waals surface area (Å²) in [4.78, 5) is 12.4. The molecule has 2 aromatic rings. The zero-order valence-electron chi connectivity index (χ0n) is 13.1. The van der Waals surface area contributed by atoms with Crippen LogP contribution in [0.15, 0.2) is 29.1 Å². The Balaban J connectivity index is 2.42. The van der Waals surface area contributed by atoms with E-state index in [0.717, 1.165) is 4.68 Å². The van der Waals surface area contributed by atoms with Gasteiger partial charge in [0.05, 0.1) is 18.3 Å². The van der Waals surface area contributed by atoms with Gasteiger partial charge < -0.3 is 5.11 Å². The Kier molecular flexibility index (Phi) is 5.24. The molecule has 2 rings (SSSR count). The summed E-state index contributed by atoms with van der Waals surface area (Å²) in [6, 6.07) is 7.34. The van der Waals surface area contributed by atoms with Gasteiger partial charge in [-0.2, -0.15) is 10.4 Å². The monoisotopic (exact) mass is 315 g/mol. The predicted molar refractivity (Wildman–Crippen MR) is 83.3 cm³/mol. The van der Waals surface area contributed by atoms with E-state index in [4.69, 9.17) is 0 Å². The number of benzene rings is 1. The number of aryl methyl sites for hydroxylation is 1. The van der Waals surface area contributed by atoms with Crippen molar-refractivity contribution in [3.05, 3.63) is 62.8 Å². The van der Waals surface area contributed by atoms with Crippen LogP contribution < -0.4 is 5.56 Å². The number of hydrogen-bond acceptors (Lipinski definition) is 4. The van der Waals surface area contributed by atoms with Crippen molar-refractivity contribution < 1.29 is 9.50 Å². The Morgan fingerprint density at radius 1 is 1.30 bits per heavy atom. The third kappa shape index (κ3) is 3.46. The van der Waals surface area contributed by atoms with Crippen molar-refractivity contribution in [3.8, 4) is 6.07 Å². The molecule has 0 bridgehead atoms. The molecule has 1 N–H and O–H groups in total. The summed E-state index contributed by atoms with van der Waals surface area (Å²) in [7, 11) is 0. The highest BCUT2D eigenvalue weighted by molar-refractivity contribution is 5.38. The highest BCUT2D eigenvalue weighted by Crippen LogP contribution is 2.16. The van der Waals surface area contributed by atoms with Gasteiger partial charge in [-0.1, -0.05) is 26.0 Å². The zero-order chi connectivity index (χ0) is 17.0. The molecule has 1 aromatic heterocycles. The van der Waals surface area contributed by atoms with E-state index in [9.17, 15) is 19.6 Å². The van der Waals surface area contributed by atoms with Crippen molar-refractivity contribution in [2.45, 2.75) is 39.3 Å². The first kappa shape index (κ1) is 16.8. The second kappa shape index (κ2) is 7.16. The number of aliphatic hydroxyl groups is 1. The van der Waals surface area contributed by atoms with Gasteiger partial charge in [0.1, 0.15) is 17.4 Å². The summed E-state index contributed by atoms with van der Waals surface area (Å²) in [6.07, 6.45) is 0.130. The van der Waals surface area contributed by atoms with Crippen LogP contribution >= 0.6 is 0 Å². The highest BCUT2D eigenvalue weighted by Gasteiger charge is 2.17. The Hall–Kier alpha value is -2.52. The van der Waals surface area contributed by atoms with Crippen LogP contribution in [0.5, 0.6) is 0 Å². The van der Waals surface area contributed by atoms with Crippen molar-refractivity contribution in [1.82, 2.24) is 9.78 Å². The van der Waals surface area contributed by atoms with Crippen molar-refractivity contribution in [2.24, 2.45) is 0 Å². The van der Waals surface area contributed by atoms with Gasteiger partial charge in [-0.15, -0.1) is 0 Å². The molecular formula is C17H18FN3O2. The first-order chi connectivity index (χ1) is 11.0. The molecule has 0 unspecified atom stereocenters. The molecule has 0 saturated heterocycles. The predicted octanol–water partition coefficient (Wildman–Crippen LogP) is 2.11. The largest absolute Gasteiger partial charge is 0.386 e. The minimum atomic E-state index is -1.01. The van der Waals surface area contributed by atoms with Crippen LogP contribution in [0.3, 0.4) is 0 Å². The van der Waals surface area contributed by atoms with E-state index < -0.39 is 17.5 Å². The summed E-state index contributed by atoms with van der Waals surface area (Å²) in [5.74, 6) is -0.399. The Morgan fingerprint density at radius 2 is 1.96 bits per heavy atom. The van der Waals surface area contributed by atoms with Crippen molar-refractivity contribution in [3.63, 3.8) is 0 Å². The molecule has 0 amide bonds. The van der Waals surface area contributed by atoms with Crippen molar-refractivity contribution >= 4 is 0 Å². The van der Waals surface area contributed by atoms with E-state index in [2.05, 4.69) is 5.10 Å². The number of aromatic nitrogens is 2. The maximum absolute atomic E-state index is 12.9. The molecule has 6 heteroatoms. The average molecular weight is 315 g/mol. The van der Waals surface area contributed by atoms with E-state index in [-0.39, 0.29) is 12.1 Å². The van der Waals surface area contributed by atoms with Gasteiger partial charge in [0.2, 0.25) is 0 Å². The van der Waals surface area contributed by atoms with E-state index in [1.54, 1.807) is 0 Å². The Bertz CT molecular complexity index is 791. The normalized spacial score (nSPS) is 12.0. The van der Waals surface area contributed by atoms with Crippen LogP contribution in [0.4, 0.5) is 4.39 Å². The van der Waals surface area contributed by atoms with Gasteiger partial charge >= 0.3 is 0 Å². The van der Waals surface area contributed by atoms with Gasteiger partial charge in [0.15, 0.2) is 0 Å². The Labute approximate surface area is 133 Å². The second-order valence-corrected chi connectivity index (χ2v) is 5.17. The standard InChI is InChI=1S/C17H18FN3O2/c1-3-13-14(9-19)17(23)21(20-15(13)4-2)10-16(22)11-5-7-12(18)8-6-11/h5-8,16,22H,3-4,10H2,1-2H3/t16-/m0/s1. The van der Waals surface area contributed by atoms with E-state index in [0.29, 0.717) is 29.7 Å². The molecular weight excluding hydrogens is 297 g/mol. The molecule has 0 aliphatic carbocycles. The number of halogens is 1. The number of nitriles is 1. The van der Waals surface area contributed by atoms with E-state index in [1.165, 1.54) is 24.3 Å². The lowest BCUT2D eigenvalue weighted by Gasteiger charge is -2.15. The molecule has 23 heavy (non-hydrogen) atoms. The minimum absolute atomic E-state index is 0.0747. The van der Waals surface area contributed by atoms with E-state index in [1.807, 2.05) is 19.9 Å². The molecule has 0 radical (unpaired) electrons. The third-order valence-electron chi connectivity index (χ3n) is 3.74. The second-order valence-electron chi connectivity index (χ2n) is 5.17. The fourth-order valence-corrected chi connectivity index (χ4v) is 2.51. The highest BCUT2D eigenvalue weighted by atomic mass is 19.1. The molecule has 1 heterocycles. The first-order valence-corrected chi connectivity index (χ1v) is 7.48. The molecule has 0 saturated carbocycles. The average Bonchev–Trinajstić information content (AvgIpc) is 2.56. The smallest absolute Gasteiger partial charge is 0.285 e. The number of aliphatic hydroxyl groups excluding tert-OH is 1. The lowest BCUT2D eigenvalue weighted by Crippen LogP contribution is -2.30. The Morgan fingerprint density at radius 3 is 2.48 bits per heavy atom. The fraction of sp³-hybridized carbons (Fsp3) is 0.353. The molecule has 0 fully saturated rings. The van der Waals surface area contributed by atoms with Crippen molar-refractivity contribution in [1.29, 1.82) is 5.26 Å². The summed E-state index contributed by atoms with van der Waals surface area (Å²) in [5.41, 5.74) is 1.38. The lowest BCUT2D eigenvalue weighted by atomic mass is 10.0. The van der Waals surface area contributed by atoms with Crippen molar-refractivity contribution in [2.75, 3.05) is 0 Å². The summed E-state index contributed by atoms with van der Waals surface area (Å²) in [5, 5.41) is 23.8. The molecule has 0 spiro atoms. The number of hydrogen-bond donors (Lipinski definition) is 1. The molecule has 0 aliphatic heterocycles. The minimum Gasteiger partial charge on any atom is -0.386 e. The SMILES string of the molecule is CCc1nn(C[C@H](O)c2ccc(F)cc2)c(=O)c(C#N)c1CC. The maximum atomic E-state index is 12.9. The van der Waals surface area contributed by atoms with Gasteiger partial charge in [0.25, 0.3) is 5.56 Å². The topological polar surface area (TPSA) is 78.9 Å². The third-order valence-corrected chi connectivity index (χ3v) is 3.74. The molecule has 1 atom stereocenters. The van der Waals surface area contributed by atoms with Crippen LogP contribution in [-0.4, -0.2) is 14.9 Å². The van der Waals surface area contributed by atoms with Gasteiger partial charge in [0, 0.05) is 0 Å². The molecule has 5 nitrogen and oxygen atoms in total. The maximum Gasteiger partial charge on any atom is 0.285 e. The summed E-state index contributed by atoms with van der Waals surface area (Å²) < 4.78 is 14.1. The number of rotatable bonds is 5. The number of nitrogens with zero attached hydrogens (tertiary/aromatic N) is 3. The fourth-order valence-electron chi connectivity index (χ4n) is 2.51. The van der Waals surface area contributed by atoms with Crippen LogP contribution in [0.2, 0.25) is 0 Å². The van der Waals surface area contributed by atoms with Gasteiger partial charge in [-0.25, -0.2) is 9.07 Å². The van der Waals surface area contributed by atoms with E-state index >= 15 is 0 Å². The van der Waals surface area contributed by atoms with Gasteiger partial charge in [-0.05, 0) is 36.1 Å². The molecule has 120 valence electrons. The lowest BCUT2D eigenvalue weighted by molar-refractivity contribution is 0.148. The van der Waals surface area contributed by atoms with Crippen LogP contribution in [0.1, 0.15) is 42.3 Å². The van der Waals surface area contributed by atoms with Crippen LogP contribution in [0.25, 0.3) is 0 Å². The molecule has 0 aliphatic rings.